The molecule has 3 heterocycles. The lowest BCUT2D eigenvalue weighted by Crippen LogP contribution is -2.46. The van der Waals surface area contributed by atoms with Crippen molar-refractivity contribution in [2.75, 3.05) is 0 Å². The van der Waals surface area contributed by atoms with E-state index in [-0.39, 0.29) is 12.1 Å². The third-order valence-corrected chi connectivity index (χ3v) is 5.11. The van der Waals surface area contributed by atoms with Gasteiger partial charge in [-0.05, 0) is 43.3 Å². The molecule has 3 aromatic rings. The fourth-order valence-corrected chi connectivity index (χ4v) is 3.52. The summed E-state index contributed by atoms with van der Waals surface area (Å²) < 4.78 is 1.58. The zero-order chi connectivity index (χ0) is 20.1. The highest BCUT2D eigenvalue weighted by Gasteiger charge is 2.27. The monoisotopic (exact) mass is 397 g/mol. The standard InChI is InChI=1S/C19H19N5O3S/c1-12-22-11-15(24(12)16-6-2-3-9-21-16)19(27)23-14(17(25)18(20)26)8-7-13-5-4-10-28-13/h2-6,9-11,14H,7-8H2,1H3,(H2,20,26)(H,23,27). The Morgan fingerprint density at radius 3 is 2.68 bits per heavy atom. The topological polar surface area (TPSA) is 120 Å². The molecule has 8 nitrogen and oxygen atoms in total. The lowest BCUT2D eigenvalue weighted by molar-refractivity contribution is -0.137. The third-order valence-electron chi connectivity index (χ3n) is 4.17. The number of aryl methyl sites for hydroxylation is 2. The number of thiophene rings is 1. The molecule has 28 heavy (non-hydrogen) atoms. The summed E-state index contributed by atoms with van der Waals surface area (Å²) in [6.07, 6.45) is 3.83. The summed E-state index contributed by atoms with van der Waals surface area (Å²) in [5, 5.41) is 4.55. The van der Waals surface area contributed by atoms with Crippen LogP contribution in [0.3, 0.4) is 0 Å². The number of aromatic nitrogens is 3. The zero-order valence-electron chi connectivity index (χ0n) is 15.2. The molecule has 1 unspecified atom stereocenters. The number of ketones is 1. The van der Waals surface area contributed by atoms with Crippen molar-refractivity contribution in [2.45, 2.75) is 25.8 Å². The van der Waals surface area contributed by atoms with Crippen molar-refractivity contribution in [3.8, 4) is 5.82 Å². The molecule has 3 aromatic heterocycles. The van der Waals surface area contributed by atoms with Crippen molar-refractivity contribution >= 4 is 28.9 Å². The van der Waals surface area contributed by atoms with Crippen molar-refractivity contribution in [1.82, 2.24) is 19.9 Å². The van der Waals surface area contributed by atoms with Crippen LogP contribution in [0.25, 0.3) is 5.82 Å². The average molecular weight is 397 g/mol. The van der Waals surface area contributed by atoms with Gasteiger partial charge in [-0.15, -0.1) is 11.3 Å². The van der Waals surface area contributed by atoms with E-state index in [0.29, 0.717) is 18.1 Å². The first kappa shape index (κ1) is 19.4. The molecule has 0 radical (unpaired) electrons. The molecule has 0 aromatic carbocycles. The fraction of sp³-hybridized carbons (Fsp3) is 0.211. The van der Waals surface area contributed by atoms with Gasteiger partial charge in [0.1, 0.15) is 17.3 Å². The molecule has 0 spiro atoms. The van der Waals surface area contributed by atoms with E-state index >= 15 is 0 Å². The molecule has 0 aliphatic carbocycles. The van der Waals surface area contributed by atoms with Crippen LogP contribution in [-0.2, 0) is 16.0 Å². The van der Waals surface area contributed by atoms with Gasteiger partial charge < -0.3 is 11.1 Å². The van der Waals surface area contributed by atoms with E-state index in [1.165, 1.54) is 6.20 Å². The Labute approximate surface area is 165 Å². The molecule has 0 aliphatic heterocycles. The van der Waals surface area contributed by atoms with E-state index in [1.54, 1.807) is 47.2 Å². The molecule has 0 saturated carbocycles. The maximum Gasteiger partial charge on any atom is 0.287 e. The minimum absolute atomic E-state index is 0.217. The molecular formula is C19H19N5O3S. The number of carbonyl (C=O) groups excluding carboxylic acids is 3. The van der Waals surface area contributed by atoms with E-state index in [1.807, 2.05) is 17.5 Å². The third kappa shape index (κ3) is 4.32. The number of nitrogens with zero attached hydrogens (tertiary/aromatic N) is 3. The van der Waals surface area contributed by atoms with Crippen LogP contribution in [0.2, 0.25) is 0 Å². The van der Waals surface area contributed by atoms with Crippen molar-refractivity contribution in [2.24, 2.45) is 5.73 Å². The molecular weight excluding hydrogens is 378 g/mol. The number of nitrogens with two attached hydrogens (primary N) is 1. The maximum atomic E-state index is 12.8. The molecule has 3 N–H and O–H groups in total. The fourth-order valence-electron chi connectivity index (χ4n) is 2.79. The Hall–Kier alpha value is -3.33. The van der Waals surface area contributed by atoms with Gasteiger partial charge in [-0.2, -0.15) is 0 Å². The molecule has 144 valence electrons. The highest BCUT2D eigenvalue weighted by Crippen LogP contribution is 2.15. The van der Waals surface area contributed by atoms with Crippen LogP contribution in [0, 0.1) is 6.92 Å². The van der Waals surface area contributed by atoms with Crippen LogP contribution in [0.15, 0.2) is 48.1 Å². The Balaban J connectivity index is 1.82. The van der Waals surface area contributed by atoms with Gasteiger partial charge in [-0.25, -0.2) is 9.97 Å². The van der Waals surface area contributed by atoms with Crippen LogP contribution in [-0.4, -0.2) is 38.2 Å². The number of hydrogen-bond acceptors (Lipinski definition) is 6. The van der Waals surface area contributed by atoms with Gasteiger partial charge in [0, 0.05) is 11.1 Å². The smallest absolute Gasteiger partial charge is 0.287 e. The number of carbonyl (C=O) groups is 3. The molecule has 0 aliphatic rings. The minimum atomic E-state index is -1.08. The molecule has 0 saturated heterocycles. The summed E-state index contributed by atoms with van der Waals surface area (Å²) in [4.78, 5) is 45.9. The first-order valence-corrected chi connectivity index (χ1v) is 9.48. The number of hydrogen-bond donors (Lipinski definition) is 2. The van der Waals surface area contributed by atoms with Gasteiger partial charge in [0.25, 0.3) is 11.8 Å². The number of pyridine rings is 1. The summed E-state index contributed by atoms with van der Waals surface area (Å²) in [5.41, 5.74) is 5.38. The average Bonchev–Trinajstić information content (AvgIpc) is 3.34. The van der Waals surface area contributed by atoms with E-state index in [0.717, 1.165) is 4.88 Å². The van der Waals surface area contributed by atoms with E-state index < -0.39 is 23.6 Å². The predicted octanol–water partition coefficient (Wildman–Crippen LogP) is 1.42. The molecule has 1 atom stereocenters. The number of nitrogens with one attached hydrogen (secondary N) is 1. The SMILES string of the molecule is Cc1ncc(C(=O)NC(CCc2cccs2)C(=O)C(N)=O)n1-c1ccccn1. The Kier molecular flexibility index (Phi) is 5.95. The van der Waals surface area contributed by atoms with E-state index in [2.05, 4.69) is 15.3 Å². The summed E-state index contributed by atoms with van der Waals surface area (Å²) in [6.45, 7) is 1.74. The lowest BCUT2D eigenvalue weighted by Gasteiger charge is -2.16. The summed E-state index contributed by atoms with van der Waals surface area (Å²) in [6, 6.07) is 8.12. The van der Waals surface area contributed by atoms with Gasteiger partial charge >= 0.3 is 0 Å². The Bertz CT molecular complexity index is 982. The van der Waals surface area contributed by atoms with Gasteiger partial charge in [0.15, 0.2) is 0 Å². The molecule has 0 fully saturated rings. The number of amides is 2. The Morgan fingerprint density at radius 2 is 2.04 bits per heavy atom. The quantitative estimate of drug-likeness (QED) is 0.557. The maximum absolute atomic E-state index is 12.8. The highest BCUT2D eigenvalue weighted by molar-refractivity contribution is 7.09. The summed E-state index contributed by atoms with van der Waals surface area (Å²) in [7, 11) is 0. The Morgan fingerprint density at radius 1 is 1.21 bits per heavy atom. The second-order valence-electron chi connectivity index (χ2n) is 6.09. The largest absolute Gasteiger partial charge is 0.363 e. The van der Waals surface area contributed by atoms with Crippen molar-refractivity contribution in [3.05, 3.63) is 64.5 Å². The molecule has 3 rings (SSSR count). The number of rotatable bonds is 8. The van der Waals surface area contributed by atoms with Gasteiger partial charge in [-0.3, -0.25) is 19.0 Å². The molecule has 9 heteroatoms. The van der Waals surface area contributed by atoms with Crippen LogP contribution in [0.1, 0.15) is 27.6 Å². The zero-order valence-corrected chi connectivity index (χ0v) is 16.0. The van der Waals surface area contributed by atoms with Gasteiger partial charge in [-0.1, -0.05) is 12.1 Å². The number of Topliss-reactive ketones (excluding diaryl/α,β-unsaturated/α-hetero) is 1. The van der Waals surface area contributed by atoms with E-state index in [9.17, 15) is 14.4 Å². The van der Waals surface area contributed by atoms with E-state index in [4.69, 9.17) is 5.73 Å². The molecule has 2 amide bonds. The van der Waals surface area contributed by atoms with Crippen molar-refractivity contribution in [3.63, 3.8) is 0 Å². The summed E-state index contributed by atoms with van der Waals surface area (Å²) in [5.74, 6) is -1.34. The second kappa shape index (κ2) is 8.57. The molecule has 0 bridgehead atoms. The first-order valence-electron chi connectivity index (χ1n) is 8.60. The number of imidazole rings is 1. The van der Waals surface area contributed by atoms with Gasteiger partial charge in [0.05, 0.1) is 12.2 Å². The second-order valence-corrected chi connectivity index (χ2v) is 7.12. The number of primary amides is 1. The normalized spacial score (nSPS) is 11.8. The lowest BCUT2D eigenvalue weighted by atomic mass is 10.1. The van der Waals surface area contributed by atoms with Crippen LogP contribution < -0.4 is 11.1 Å². The van der Waals surface area contributed by atoms with Crippen LogP contribution in [0.4, 0.5) is 0 Å². The summed E-state index contributed by atoms with van der Waals surface area (Å²) >= 11 is 1.54. The van der Waals surface area contributed by atoms with Crippen molar-refractivity contribution < 1.29 is 14.4 Å². The highest BCUT2D eigenvalue weighted by atomic mass is 32.1. The van der Waals surface area contributed by atoms with Crippen LogP contribution in [0.5, 0.6) is 0 Å². The first-order chi connectivity index (χ1) is 13.5. The van der Waals surface area contributed by atoms with Crippen molar-refractivity contribution in [1.29, 1.82) is 0 Å². The minimum Gasteiger partial charge on any atom is -0.363 e. The predicted molar refractivity (Wildman–Crippen MR) is 104 cm³/mol. The van der Waals surface area contributed by atoms with Gasteiger partial charge in [0.2, 0.25) is 5.78 Å². The van der Waals surface area contributed by atoms with Crippen LogP contribution >= 0.6 is 11.3 Å².